The number of aliphatic imine (C=N–C) groups is 1. The summed E-state index contributed by atoms with van der Waals surface area (Å²) in [5.41, 5.74) is 0.651. The van der Waals surface area contributed by atoms with E-state index in [0.717, 1.165) is 12.8 Å². The van der Waals surface area contributed by atoms with Crippen molar-refractivity contribution in [3.8, 4) is 11.5 Å². The number of carbonyl (C=O) groups is 1. The van der Waals surface area contributed by atoms with Crippen LogP contribution in [0.3, 0.4) is 0 Å². The molecule has 1 saturated heterocycles. The van der Waals surface area contributed by atoms with Crippen LogP contribution in [0.5, 0.6) is 11.5 Å². The Bertz CT molecular complexity index is 716. The first-order valence-electron chi connectivity index (χ1n) is 7.96. The molecule has 0 unspecified atom stereocenters. The van der Waals surface area contributed by atoms with Gasteiger partial charge in [0.2, 0.25) is 0 Å². The molecule has 5 nitrogen and oxygen atoms in total. The molecular weight excluding hydrogens is 350 g/mol. The zero-order valence-electron chi connectivity index (χ0n) is 13.6. The largest absolute Gasteiger partial charge is 0.493 e. The molecule has 0 bridgehead atoms. The number of hydrogen-bond acceptors (Lipinski definition) is 5. The van der Waals surface area contributed by atoms with Crippen molar-refractivity contribution in [3.05, 3.63) is 28.7 Å². The number of thioether (sulfide) groups is 1. The average Bonchev–Trinajstić information content (AvgIpc) is 3.19. The van der Waals surface area contributed by atoms with E-state index >= 15 is 0 Å². The number of ether oxygens (including phenoxy) is 2. The summed E-state index contributed by atoms with van der Waals surface area (Å²) >= 11 is 1.29. The first kappa shape index (κ1) is 17.7. The number of methoxy groups -OCH3 is 1. The number of rotatable bonds is 5. The number of benzene rings is 1. The highest BCUT2D eigenvalue weighted by Crippen LogP contribution is 2.33. The molecule has 0 aromatic heterocycles. The highest BCUT2D eigenvalue weighted by Gasteiger charge is 2.25. The van der Waals surface area contributed by atoms with Crippen LogP contribution in [-0.2, 0) is 4.79 Å². The first-order valence-corrected chi connectivity index (χ1v) is 8.78. The van der Waals surface area contributed by atoms with E-state index in [1.165, 1.54) is 37.8 Å². The molecular formula is C17H18F2N2O3S. The van der Waals surface area contributed by atoms with Gasteiger partial charge in [0.15, 0.2) is 16.7 Å². The fourth-order valence-corrected chi connectivity index (χ4v) is 3.70. The van der Waals surface area contributed by atoms with Crippen molar-refractivity contribution in [1.82, 2.24) is 5.32 Å². The van der Waals surface area contributed by atoms with E-state index in [0.29, 0.717) is 15.6 Å². The van der Waals surface area contributed by atoms with E-state index in [1.807, 2.05) is 0 Å². The lowest BCUT2D eigenvalue weighted by Crippen LogP contribution is -2.21. The van der Waals surface area contributed by atoms with Gasteiger partial charge in [0.1, 0.15) is 0 Å². The van der Waals surface area contributed by atoms with Gasteiger partial charge in [-0.2, -0.15) is 8.78 Å². The van der Waals surface area contributed by atoms with Crippen LogP contribution in [-0.4, -0.2) is 30.8 Å². The third kappa shape index (κ3) is 4.50. The van der Waals surface area contributed by atoms with Crippen LogP contribution in [0.1, 0.15) is 31.2 Å². The number of alkyl halides is 2. The van der Waals surface area contributed by atoms with Crippen LogP contribution in [0.25, 0.3) is 6.08 Å². The van der Waals surface area contributed by atoms with Crippen LogP contribution in [0.2, 0.25) is 0 Å². The van der Waals surface area contributed by atoms with Crippen molar-refractivity contribution < 1.29 is 23.0 Å². The second kappa shape index (κ2) is 7.86. The number of nitrogens with one attached hydrogen (secondary N) is 1. The van der Waals surface area contributed by atoms with Crippen molar-refractivity contribution in [2.45, 2.75) is 38.3 Å². The van der Waals surface area contributed by atoms with E-state index in [1.54, 1.807) is 18.2 Å². The minimum absolute atomic E-state index is 0.0494. The third-order valence-corrected chi connectivity index (χ3v) is 4.90. The van der Waals surface area contributed by atoms with Gasteiger partial charge in [0.25, 0.3) is 5.91 Å². The minimum atomic E-state index is -2.93. The highest BCUT2D eigenvalue weighted by molar-refractivity contribution is 8.18. The number of amides is 1. The monoisotopic (exact) mass is 368 g/mol. The van der Waals surface area contributed by atoms with E-state index in [9.17, 15) is 13.6 Å². The molecule has 2 fully saturated rings. The molecule has 1 aromatic carbocycles. The summed E-state index contributed by atoms with van der Waals surface area (Å²) in [5.74, 6) is -0.0850. The Hall–Kier alpha value is -2.09. The molecule has 8 heteroatoms. The summed E-state index contributed by atoms with van der Waals surface area (Å²) in [6.45, 7) is -2.93. The number of carbonyl (C=O) groups excluding carboxylic acids is 1. The summed E-state index contributed by atoms with van der Waals surface area (Å²) in [6, 6.07) is 4.81. The van der Waals surface area contributed by atoms with Gasteiger partial charge < -0.3 is 14.8 Å². The molecule has 1 heterocycles. The molecule has 1 aliphatic carbocycles. The maximum atomic E-state index is 12.4. The Balaban J connectivity index is 1.77. The maximum absolute atomic E-state index is 12.4. The molecule has 1 aromatic rings. The molecule has 1 saturated carbocycles. The summed E-state index contributed by atoms with van der Waals surface area (Å²) in [6.07, 6.45) is 6.14. The Morgan fingerprint density at radius 3 is 2.76 bits per heavy atom. The zero-order chi connectivity index (χ0) is 17.8. The molecule has 0 radical (unpaired) electrons. The fraction of sp³-hybridized carbons (Fsp3) is 0.412. The minimum Gasteiger partial charge on any atom is -0.493 e. The second-order valence-corrected chi connectivity index (χ2v) is 6.76. The number of amidine groups is 1. The van der Waals surface area contributed by atoms with E-state index in [4.69, 9.17) is 4.74 Å². The van der Waals surface area contributed by atoms with Gasteiger partial charge in [-0.3, -0.25) is 9.79 Å². The Morgan fingerprint density at radius 1 is 1.32 bits per heavy atom. The van der Waals surface area contributed by atoms with Crippen molar-refractivity contribution in [1.29, 1.82) is 0 Å². The molecule has 0 atom stereocenters. The lowest BCUT2D eigenvalue weighted by atomic mass is 10.2. The van der Waals surface area contributed by atoms with Gasteiger partial charge in [0.05, 0.1) is 18.1 Å². The molecule has 2 aliphatic rings. The normalized spacial score (nSPS) is 21.4. The van der Waals surface area contributed by atoms with E-state index in [-0.39, 0.29) is 23.4 Å². The predicted molar refractivity (Wildman–Crippen MR) is 93.0 cm³/mol. The van der Waals surface area contributed by atoms with Gasteiger partial charge >= 0.3 is 6.61 Å². The van der Waals surface area contributed by atoms with Crippen LogP contribution in [0.15, 0.2) is 28.1 Å². The summed E-state index contributed by atoms with van der Waals surface area (Å²) in [7, 11) is 1.37. The molecule has 25 heavy (non-hydrogen) atoms. The second-order valence-electron chi connectivity index (χ2n) is 5.73. The number of nitrogens with zero attached hydrogens (tertiary/aromatic N) is 1. The summed E-state index contributed by atoms with van der Waals surface area (Å²) < 4.78 is 34.2. The summed E-state index contributed by atoms with van der Waals surface area (Å²) in [4.78, 5) is 17.2. The quantitative estimate of drug-likeness (QED) is 0.803. The standard InChI is InChI=1S/C17H18F2N2O3S/c1-23-13-8-10(6-7-12(13)24-16(18)19)9-14-15(22)21-17(25-14)20-11-4-2-3-5-11/h6-9,11,16H,2-5H2,1H3,(H,20,21,22)/b14-9+. The third-order valence-electron chi connectivity index (χ3n) is 3.98. The Labute approximate surface area is 148 Å². The molecule has 3 rings (SSSR count). The summed E-state index contributed by atoms with van der Waals surface area (Å²) in [5, 5.41) is 3.39. The molecule has 1 N–H and O–H groups in total. The maximum Gasteiger partial charge on any atom is 0.387 e. The molecule has 1 aliphatic heterocycles. The smallest absolute Gasteiger partial charge is 0.387 e. The van der Waals surface area contributed by atoms with Crippen LogP contribution in [0, 0.1) is 0 Å². The van der Waals surface area contributed by atoms with Gasteiger partial charge in [-0.15, -0.1) is 0 Å². The molecule has 1 amide bonds. The molecule has 134 valence electrons. The number of hydrogen-bond donors (Lipinski definition) is 1. The zero-order valence-corrected chi connectivity index (χ0v) is 14.4. The van der Waals surface area contributed by atoms with Crippen molar-refractivity contribution >= 4 is 28.9 Å². The van der Waals surface area contributed by atoms with Gasteiger partial charge in [-0.1, -0.05) is 18.9 Å². The van der Waals surface area contributed by atoms with Crippen LogP contribution >= 0.6 is 11.8 Å². The van der Waals surface area contributed by atoms with Gasteiger partial charge in [-0.05, 0) is 48.4 Å². The highest BCUT2D eigenvalue weighted by atomic mass is 32.2. The number of halogens is 2. The Kier molecular flexibility index (Phi) is 5.57. The van der Waals surface area contributed by atoms with Crippen LogP contribution in [0.4, 0.5) is 8.78 Å². The van der Waals surface area contributed by atoms with Gasteiger partial charge in [0, 0.05) is 0 Å². The SMILES string of the molecule is COc1cc(/C=C2/SC(=NC3CCCC3)NC2=O)ccc1OC(F)F. The van der Waals surface area contributed by atoms with Gasteiger partial charge in [-0.25, -0.2) is 0 Å². The first-order chi connectivity index (χ1) is 12.0. The van der Waals surface area contributed by atoms with Crippen molar-refractivity contribution in [3.63, 3.8) is 0 Å². The fourth-order valence-electron chi connectivity index (χ4n) is 2.81. The van der Waals surface area contributed by atoms with Crippen LogP contribution < -0.4 is 14.8 Å². The average molecular weight is 368 g/mol. The van der Waals surface area contributed by atoms with E-state index < -0.39 is 6.61 Å². The Morgan fingerprint density at radius 2 is 2.08 bits per heavy atom. The topological polar surface area (TPSA) is 59.9 Å². The predicted octanol–water partition coefficient (Wildman–Crippen LogP) is 3.80. The van der Waals surface area contributed by atoms with Crippen molar-refractivity contribution in [2.24, 2.45) is 4.99 Å². The lowest BCUT2D eigenvalue weighted by Gasteiger charge is -2.10. The van der Waals surface area contributed by atoms with E-state index in [2.05, 4.69) is 15.0 Å². The molecule has 0 spiro atoms. The lowest BCUT2D eigenvalue weighted by molar-refractivity contribution is -0.115. The van der Waals surface area contributed by atoms with Crippen molar-refractivity contribution in [2.75, 3.05) is 7.11 Å².